The maximum atomic E-state index is 12.2. The van der Waals surface area contributed by atoms with Crippen molar-refractivity contribution in [3.63, 3.8) is 0 Å². The first kappa shape index (κ1) is 14.6. The van der Waals surface area contributed by atoms with Gasteiger partial charge < -0.3 is 4.74 Å². The van der Waals surface area contributed by atoms with E-state index in [1.165, 1.54) is 12.3 Å². The second-order valence-electron chi connectivity index (χ2n) is 3.98. The van der Waals surface area contributed by atoms with Gasteiger partial charge in [0.1, 0.15) is 5.75 Å². The summed E-state index contributed by atoms with van der Waals surface area (Å²) in [6.45, 7) is -2.92. The molecular weight excluding hydrogens is 278 g/mol. The van der Waals surface area contributed by atoms with Gasteiger partial charge >= 0.3 is 6.61 Å². The molecule has 0 saturated heterocycles. The summed E-state index contributed by atoms with van der Waals surface area (Å²) in [6.07, 6.45) is 1.25. The van der Waals surface area contributed by atoms with Gasteiger partial charge in [-0.1, -0.05) is 30.3 Å². The number of benzene rings is 2. The lowest BCUT2D eigenvalue weighted by atomic mass is 10.2. The standard InChI is InChI=1S/C15H12F2N2O2/c16-15(17)21-13-9-5-4-8-12(13)10-18-19-14(20)11-6-2-1-3-7-11/h1-10,15H,(H,19,20)/b18-10-. The Balaban J connectivity index is 2.03. The van der Waals surface area contributed by atoms with Crippen LogP contribution in [0.3, 0.4) is 0 Å². The number of halogens is 2. The monoisotopic (exact) mass is 290 g/mol. The highest BCUT2D eigenvalue weighted by Crippen LogP contribution is 2.18. The van der Waals surface area contributed by atoms with Crippen LogP contribution in [-0.4, -0.2) is 18.7 Å². The van der Waals surface area contributed by atoms with Crippen molar-refractivity contribution in [1.29, 1.82) is 0 Å². The number of carbonyl (C=O) groups is 1. The molecule has 0 unspecified atom stereocenters. The molecule has 0 aliphatic heterocycles. The van der Waals surface area contributed by atoms with Crippen LogP contribution >= 0.6 is 0 Å². The largest absolute Gasteiger partial charge is 0.434 e. The van der Waals surface area contributed by atoms with E-state index in [4.69, 9.17) is 0 Å². The van der Waals surface area contributed by atoms with Crippen LogP contribution in [0.25, 0.3) is 0 Å². The van der Waals surface area contributed by atoms with E-state index in [-0.39, 0.29) is 11.7 Å². The van der Waals surface area contributed by atoms with E-state index in [0.29, 0.717) is 11.1 Å². The highest BCUT2D eigenvalue weighted by Gasteiger charge is 2.07. The Morgan fingerprint density at radius 1 is 1.10 bits per heavy atom. The van der Waals surface area contributed by atoms with E-state index in [1.54, 1.807) is 48.5 Å². The van der Waals surface area contributed by atoms with E-state index < -0.39 is 6.61 Å². The van der Waals surface area contributed by atoms with Gasteiger partial charge in [-0.15, -0.1) is 0 Å². The highest BCUT2D eigenvalue weighted by molar-refractivity contribution is 5.95. The summed E-state index contributed by atoms with van der Waals surface area (Å²) in [5.74, 6) is -0.399. The van der Waals surface area contributed by atoms with Gasteiger partial charge in [0, 0.05) is 11.1 Å². The topological polar surface area (TPSA) is 50.7 Å². The number of carbonyl (C=O) groups excluding carboxylic acids is 1. The molecule has 0 aliphatic rings. The molecule has 4 nitrogen and oxygen atoms in total. The first-order chi connectivity index (χ1) is 10.2. The Labute approximate surface area is 120 Å². The molecule has 0 aromatic heterocycles. The number of alkyl halides is 2. The second kappa shape index (κ2) is 7.14. The van der Waals surface area contributed by atoms with Gasteiger partial charge in [-0.25, -0.2) is 5.43 Å². The molecule has 0 heterocycles. The number of hydrazone groups is 1. The van der Waals surface area contributed by atoms with Crippen molar-refractivity contribution >= 4 is 12.1 Å². The van der Waals surface area contributed by atoms with Crippen molar-refractivity contribution in [2.75, 3.05) is 0 Å². The zero-order chi connectivity index (χ0) is 15.1. The number of para-hydroxylation sites is 1. The van der Waals surface area contributed by atoms with E-state index in [1.807, 2.05) is 0 Å². The minimum absolute atomic E-state index is 0.00906. The summed E-state index contributed by atoms with van der Waals surface area (Å²) in [4.78, 5) is 11.7. The molecule has 2 aromatic rings. The molecule has 108 valence electrons. The van der Waals surface area contributed by atoms with Gasteiger partial charge in [0.05, 0.1) is 6.21 Å². The van der Waals surface area contributed by atoms with Crippen LogP contribution in [0.15, 0.2) is 59.7 Å². The highest BCUT2D eigenvalue weighted by atomic mass is 19.3. The molecule has 6 heteroatoms. The van der Waals surface area contributed by atoms with Crippen LogP contribution in [0.1, 0.15) is 15.9 Å². The third kappa shape index (κ3) is 4.38. The van der Waals surface area contributed by atoms with Gasteiger partial charge in [0.25, 0.3) is 5.91 Å². The Morgan fingerprint density at radius 2 is 1.76 bits per heavy atom. The summed E-state index contributed by atoms with van der Waals surface area (Å²) in [6, 6.07) is 14.7. The minimum Gasteiger partial charge on any atom is -0.434 e. The summed E-state index contributed by atoms with van der Waals surface area (Å²) in [5, 5.41) is 3.74. The molecule has 21 heavy (non-hydrogen) atoms. The summed E-state index contributed by atoms with van der Waals surface area (Å²) >= 11 is 0. The zero-order valence-corrected chi connectivity index (χ0v) is 10.9. The quantitative estimate of drug-likeness (QED) is 0.679. The minimum atomic E-state index is -2.92. The number of rotatable bonds is 5. The Bertz CT molecular complexity index is 631. The van der Waals surface area contributed by atoms with E-state index >= 15 is 0 Å². The summed E-state index contributed by atoms with van der Waals surface area (Å²) in [7, 11) is 0. The number of hydrogen-bond acceptors (Lipinski definition) is 3. The van der Waals surface area contributed by atoms with Crippen LogP contribution in [-0.2, 0) is 0 Å². The summed E-state index contributed by atoms with van der Waals surface area (Å²) < 4.78 is 28.8. The molecule has 2 rings (SSSR count). The van der Waals surface area contributed by atoms with Gasteiger partial charge in [-0.3, -0.25) is 4.79 Å². The lowest BCUT2D eigenvalue weighted by Crippen LogP contribution is -2.17. The predicted molar refractivity (Wildman–Crippen MR) is 74.6 cm³/mol. The Kier molecular flexibility index (Phi) is 4.98. The molecule has 0 atom stereocenters. The molecule has 0 radical (unpaired) electrons. The average Bonchev–Trinajstić information content (AvgIpc) is 2.49. The number of ether oxygens (including phenoxy) is 1. The lowest BCUT2D eigenvalue weighted by molar-refractivity contribution is -0.0499. The van der Waals surface area contributed by atoms with Crippen molar-refractivity contribution in [2.45, 2.75) is 6.61 Å². The molecule has 1 N–H and O–H groups in total. The van der Waals surface area contributed by atoms with Gasteiger partial charge in [0.15, 0.2) is 0 Å². The Hall–Kier alpha value is -2.76. The van der Waals surface area contributed by atoms with Crippen LogP contribution < -0.4 is 10.2 Å². The third-order valence-electron chi connectivity index (χ3n) is 2.54. The smallest absolute Gasteiger partial charge is 0.387 e. The number of amides is 1. The molecule has 0 fully saturated rings. The van der Waals surface area contributed by atoms with Crippen molar-refractivity contribution < 1.29 is 18.3 Å². The van der Waals surface area contributed by atoms with Crippen LogP contribution in [0.5, 0.6) is 5.75 Å². The van der Waals surface area contributed by atoms with E-state index in [2.05, 4.69) is 15.3 Å². The third-order valence-corrected chi connectivity index (χ3v) is 2.54. The molecule has 0 bridgehead atoms. The molecular formula is C15H12F2N2O2. The van der Waals surface area contributed by atoms with Crippen molar-refractivity contribution in [1.82, 2.24) is 5.43 Å². The first-order valence-electron chi connectivity index (χ1n) is 6.09. The van der Waals surface area contributed by atoms with E-state index in [9.17, 15) is 13.6 Å². The molecule has 0 spiro atoms. The fourth-order valence-corrected chi connectivity index (χ4v) is 1.61. The number of nitrogens with one attached hydrogen (secondary N) is 1. The maximum absolute atomic E-state index is 12.2. The zero-order valence-electron chi connectivity index (χ0n) is 10.9. The number of hydrogen-bond donors (Lipinski definition) is 1. The number of nitrogens with zero attached hydrogens (tertiary/aromatic N) is 1. The SMILES string of the molecule is O=C(N/N=C\c1ccccc1OC(F)F)c1ccccc1. The van der Waals surface area contributed by atoms with Gasteiger partial charge in [-0.2, -0.15) is 13.9 Å². The van der Waals surface area contributed by atoms with Crippen LogP contribution in [0.4, 0.5) is 8.78 Å². The maximum Gasteiger partial charge on any atom is 0.387 e. The van der Waals surface area contributed by atoms with E-state index in [0.717, 1.165) is 0 Å². The van der Waals surface area contributed by atoms with Crippen molar-refractivity contribution in [3.8, 4) is 5.75 Å². The van der Waals surface area contributed by atoms with Crippen molar-refractivity contribution in [2.24, 2.45) is 5.10 Å². The fraction of sp³-hybridized carbons (Fsp3) is 0.0667. The first-order valence-corrected chi connectivity index (χ1v) is 6.09. The second-order valence-corrected chi connectivity index (χ2v) is 3.98. The lowest BCUT2D eigenvalue weighted by Gasteiger charge is -2.06. The van der Waals surface area contributed by atoms with Crippen LogP contribution in [0.2, 0.25) is 0 Å². The fourth-order valence-electron chi connectivity index (χ4n) is 1.61. The Morgan fingerprint density at radius 3 is 2.48 bits per heavy atom. The summed E-state index contributed by atoms with van der Waals surface area (Å²) in [5.41, 5.74) is 3.11. The molecule has 2 aromatic carbocycles. The van der Waals surface area contributed by atoms with Gasteiger partial charge in [0.2, 0.25) is 0 Å². The molecule has 1 amide bonds. The van der Waals surface area contributed by atoms with Crippen molar-refractivity contribution in [3.05, 3.63) is 65.7 Å². The predicted octanol–water partition coefficient (Wildman–Crippen LogP) is 3.05. The molecule has 0 aliphatic carbocycles. The normalized spacial score (nSPS) is 10.8. The van der Waals surface area contributed by atoms with Gasteiger partial charge in [-0.05, 0) is 24.3 Å². The molecule has 0 saturated carbocycles. The van der Waals surface area contributed by atoms with Crippen LogP contribution in [0, 0.1) is 0 Å². The average molecular weight is 290 g/mol.